The van der Waals surface area contributed by atoms with Gasteiger partial charge in [0, 0.05) is 11.2 Å². The number of Topliss-reactive ketones (excluding diaryl/α,β-unsaturated/α-hetero) is 1. The number of aromatic nitrogens is 3. The monoisotopic (exact) mass is 558 g/mol. The number of rotatable bonds is 5. The number of halogens is 1. The molecule has 0 aliphatic carbocycles. The summed E-state index contributed by atoms with van der Waals surface area (Å²) in [5.41, 5.74) is 3.68. The van der Waals surface area contributed by atoms with E-state index < -0.39 is 17.7 Å². The number of imidazole rings is 1. The number of pyridine rings is 1. The van der Waals surface area contributed by atoms with E-state index in [0.717, 1.165) is 10.3 Å². The molecule has 1 atom stereocenters. The Labute approximate surface area is 232 Å². The number of aliphatic hydroxyl groups excluding tert-OH is 1. The third kappa shape index (κ3) is 4.05. The number of fused-ring (bicyclic) bond motifs is 2. The molecule has 1 aliphatic heterocycles. The van der Waals surface area contributed by atoms with Crippen LogP contribution in [0.5, 0.6) is 5.75 Å². The minimum atomic E-state index is -0.931. The Morgan fingerprint density at radius 2 is 1.87 bits per heavy atom. The summed E-state index contributed by atoms with van der Waals surface area (Å²) in [6.45, 7) is 6.15. The van der Waals surface area contributed by atoms with Gasteiger partial charge in [0.1, 0.15) is 17.1 Å². The molecule has 1 aliphatic rings. The van der Waals surface area contributed by atoms with Gasteiger partial charge >= 0.3 is 5.91 Å². The first-order chi connectivity index (χ1) is 18.8. The van der Waals surface area contributed by atoms with Gasteiger partial charge in [0.2, 0.25) is 0 Å². The van der Waals surface area contributed by atoms with Gasteiger partial charge in [-0.05, 0) is 68.3 Å². The number of anilines is 1. The maximum absolute atomic E-state index is 13.6. The average Bonchev–Trinajstić information content (AvgIpc) is 3.57. The number of amides is 1. The van der Waals surface area contributed by atoms with Gasteiger partial charge in [0.25, 0.3) is 5.78 Å². The fraction of sp³-hybridized carbons (Fsp3) is 0.172. The van der Waals surface area contributed by atoms with Crippen molar-refractivity contribution in [3.63, 3.8) is 0 Å². The summed E-state index contributed by atoms with van der Waals surface area (Å²) in [6.07, 6.45) is 1.84. The maximum Gasteiger partial charge on any atom is 0.301 e. The van der Waals surface area contributed by atoms with Crippen LogP contribution in [-0.4, -0.2) is 37.8 Å². The summed E-state index contributed by atoms with van der Waals surface area (Å²) in [5, 5.41) is 12.5. The van der Waals surface area contributed by atoms with E-state index in [-0.39, 0.29) is 17.0 Å². The molecule has 10 heteroatoms. The number of carbonyl (C=O) groups excluding carboxylic acids is 2. The van der Waals surface area contributed by atoms with Crippen LogP contribution in [0.15, 0.2) is 66.4 Å². The minimum Gasteiger partial charge on any atom is -0.505 e. The van der Waals surface area contributed by atoms with E-state index in [1.54, 1.807) is 24.3 Å². The van der Waals surface area contributed by atoms with E-state index in [9.17, 15) is 14.7 Å². The zero-order valence-electron chi connectivity index (χ0n) is 21.3. The molecule has 0 spiro atoms. The number of benzene rings is 2. The summed E-state index contributed by atoms with van der Waals surface area (Å²) in [4.78, 5) is 37.8. The molecule has 1 amide bonds. The van der Waals surface area contributed by atoms with Crippen LogP contribution in [0.3, 0.4) is 0 Å². The largest absolute Gasteiger partial charge is 0.505 e. The summed E-state index contributed by atoms with van der Waals surface area (Å²) in [5.74, 6) is -1.24. The second kappa shape index (κ2) is 9.52. The normalized spacial score (nSPS) is 17.0. The molecule has 39 heavy (non-hydrogen) atoms. The molecule has 2 aromatic carbocycles. The van der Waals surface area contributed by atoms with Gasteiger partial charge in [0.15, 0.2) is 10.9 Å². The number of hydrogen-bond acceptors (Lipinski definition) is 7. The van der Waals surface area contributed by atoms with Gasteiger partial charge in [-0.3, -0.25) is 14.5 Å². The molecule has 8 nitrogen and oxygen atoms in total. The van der Waals surface area contributed by atoms with Crippen LogP contribution in [0, 0.1) is 13.8 Å². The van der Waals surface area contributed by atoms with Gasteiger partial charge in [-0.25, -0.2) is 9.97 Å². The Bertz CT molecular complexity index is 1820. The first kappa shape index (κ1) is 25.1. The Balaban J connectivity index is 1.56. The fourth-order valence-corrected chi connectivity index (χ4v) is 6.06. The summed E-state index contributed by atoms with van der Waals surface area (Å²) < 4.78 is 8.27. The zero-order valence-corrected chi connectivity index (χ0v) is 22.9. The number of aliphatic hydroxyl groups is 1. The molecule has 1 fully saturated rings. The van der Waals surface area contributed by atoms with E-state index in [1.807, 2.05) is 61.7 Å². The highest BCUT2D eigenvalue weighted by molar-refractivity contribution is 7.22. The highest BCUT2D eigenvalue weighted by Gasteiger charge is 2.48. The van der Waals surface area contributed by atoms with E-state index in [2.05, 4.69) is 9.97 Å². The van der Waals surface area contributed by atoms with Crippen LogP contribution < -0.4 is 9.64 Å². The lowest BCUT2D eigenvalue weighted by molar-refractivity contribution is -0.132. The molecule has 0 bridgehead atoms. The second-order valence-corrected chi connectivity index (χ2v) is 10.7. The SMILES string of the molecule is CCOc1ccc2nc(N3C(=O)C(=O)C(=C(O)c4nc5c(C)cccn5c4C)C3c3ccc(Cl)cc3)sc2c1. The van der Waals surface area contributed by atoms with Gasteiger partial charge in [-0.1, -0.05) is 41.1 Å². The van der Waals surface area contributed by atoms with Crippen molar-refractivity contribution in [2.75, 3.05) is 11.5 Å². The van der Waals surface area contributed by atoms with Crippen molar-refractivity contribution in [2.24, 2.45) is 0 Å². The van der Waals surface area contributed by atoms with Crippen LogP contribution in [0.2, 0.25) is 5.02 Å². The zero-order chi connectivity index (χ0) is 27.4. The van der Waals surface area contributed by atoms with Crippen LogP contribution >= 0.6 is 22.9 Å². The molecule has 0 radical (unpaired) electrons. The maximum atomic E-state index is 13.6. The van der Waals surface area contributed by atoms with Crippen molar-refractivity contribution in [3.8, 4) is 5.75 Å². The molecule has 196 valence electrons. The molecule has 1 unspecified atom stereocenters. The smallest absolute Gasteiger partial charge is 0.301 e. The van der Waals surface area contributed by atoms with Crippen LogP contribution in [0.4, 0.5) is 5.13 Å². The quantitative estimate of drug-likeness (QED) is 0.156. The third-order valence-corrected chi connectivity index (χ3v) is 8.07. The number of nitrogens with zero attached hydrogens (tertiary/aromatic N) is 4. The molecule has 1 saturated heterocycles. The summed E-state index contributed by atoms with van der Waals surface area (Å²) in [6, 6.07) is 15.2. The first-order valence-electron chi connectivity index (χ1n) is 12.3. The Hall–Kier alpha value is -4.21. The Morgan fingerprint density at radius 3 is 2.59 bits per heavy atom. The van der Waals surface area contributed by atoms with E-state index in [0.29, 0.717) is 44.9 Å². The number of thiazole rings is 1. The molecule has 0 saturated carbocycles. The lowest BCUT2D eigenvalue weighted by atomic mass is 9.96. The number of hydrogen-bond donors (Lipinski definition) is 1. The number of ether oxygens (including phenoxy) is 1. The average molecular weight is 559 g/mol. The molecule has 3 aromatic heterocycles. The topological polar surface area (TPSA) is 97.0 Å². The lowest BCUT2D eigenvalue weighted by Crippen LogP contribution is -2.29. The van der Waals surface area contributed by atoms with Crippen molar-refractivity contribution < 1.29 is 19.4 Å². The van der Waals surface area contributed by atoms with E-state index >= 15 is 0 Å². The summed E-state index contributed by atoms with van der Waals surface area (Å²) in [7, 11) is 0. The standard InChI is InChI=1S/C29H23ClN4O4S/c1-4-38-19-11-12-20-21(14-19)39-29(31-20)34-24(17-7-9-18(30)10-8-17)22(26(36)28(34)37)25(35)23-16(3)33-13-5-6-15(2)27(33)32-23/h5-14,24,35H,4H2,1-3H3. The Kier molecular flexibility index (Phi) is 6.12. The van der Waals surface area contributed by atoms with Crippen LogP contribution in [-0.2, 0) is 9.59 Å². The van der Waals surface area contributed by atoms with Crippen molar-refractivity contribution in [2.45, 2.75) is 26.8 Å². The van der Waals surface area contributed by atoms with Crippen molar-refractivity contribution >= 4 is 61.4 Å². The minimum absolute atomic E-state index is 0.0549. The van der Waals surface area contributed by atoms with Gasteiger partial charge in [0.05, 0.1) is 34.1 Å². The Morgan fingerprint density at radius 1 is 1.10 bits per heavy atom. The third-order valence-electron chi connectivity index (χ3n) is 6.80. The van der Waals surface area contributed by atoms with Crippen molar-refractivity contribution in [1.29, 1.82) is 0 Å². The lowest BCUT2D eigenvalue weighted by Gasteiger charge is -2.22. The van der Waals surface area contributed by atoms with E-state index in [4.69, 9.17) is 16.3 Å². The van der Waals surface area contributed by atoms with E-state index in [1.165, 1.54) is 16.2 Å². The summed E-state index contributed by atoms with van der Waals surface area (Å²) >= 11 is 7.43. The highest BCUT2D eigenvalue weighted by Crippen LogP contribution is 2.45. The highest BCUT2D eigenvalue weighted by atomic mass is 35.5. The predicted molar refractivity (Wildman–Crippen MR) is 152 cm³/mol. The molecule has 5 aromatic rings. The second-order valence-electron chi connectivity index (χ2n) is 9.21. The van der Waals surface area contributed by atoms with Crippen molar-refractivity contribution in [1.82, 2.24) is 14.4 Å². The van der Waals surface area contributed by atoms with Crippen molar-refractivity contribution in [3.05, 3.63) is 93.9 Å². The molecular weight excluding hydrogens is 536 g/mol. The predicted octanol–water partition coefficient (Wildman–Crippen LogP) is 6.24. The number of carbonyl (C=O) groups is 2. The first-order valence-corrected chi connectivity index (χ1v) is 13.5. The molecule has 6 rings (SSSR count). The van der Waals surface area contributed by atoms with Gasteiger partial charge < -0.3 is 14.2 Å². The number of ketones is 1. The van der Waals surface area contributed by atoms with Crippen LogP contribution in [0.25, 0.3) is 21.6 Å². The number of aryl methyl sites for hydroxylation is 2. The molecular formula is C29H23ClN4O4S. The van der Waals surface area contributed by atoms with Gasteiger partial charge in [-0.2, -0.15) is 0 Å². The fourth-order valence-electron chi connectivity index (χ4n) is 4.92. The van der Waals surface area contributed by atoms with Crippen LogP contribution in [0.1, 0.15) is 35.5 Å². The molecule has 1 N–H and O–H groups in total. The van der Waals surface area contributed by atoms with Gasteiger partial charge in [-0.15, -0.1) is 0 Å². The molecule has 4 heterocycles.